The molecule has 8 nitrogen and oxygen atoms in total. The summed E-state index contributed by atoms with van der Waals surface area (Å²) < 4.78 is 25.3. The zero-order valence-corrected chi connectivity index (χ0v) is 17.0. The Hall–Kier alpha value is -2.52. The lowest BCUT2D eigenvalue weighted by Gasteiger charge is -2.33. The van der Waals surface area contributed by atoms with Crippen LogP contribution in [0.25, 0.3) is 17.3 Å². The summed E-state index contributed by atoms with van der Waals surface area (Å²) in [6, 6.07) is 3.95. The smallest absolute Gasteiger partial charge is 0.208 e. The number of rotatable bonds is 7. The molecule has 0 bridgehead atoms. The molecule has 9 heteroatoms. The molecule has 0 aromatic carbocycles. The third-order valence-corrected chi connectivity index (χ3v) is 5.31. The minimum atomic E-state index is -3.17. The van der Waals surface area contributed by atoms with Crippen molar-refractivity contribution in [2.45, 2.75) is 19.8 Å². The Balaban J connectivity index is 1.71. The van der Waals surface area contributed by atoms with Crippen molar-refractivity contribution in [1.29, 1.82) is 5.41 Å². The Morgan fingerprint density at radius 3 is 3.04 bits per heavy atom. The van der Waals surface area contributed by atoms with Crippen molar-refractivity contribution >= 4 is 27.6 Å². The maximum absolute atomic E-state index is 11.3. The lowest BCUT2D eigenvalue weighted by Crippen LogP contribution is -2.41. The highest BCUT2D eigenvalue weighted by Crippen LogP contribution is 2.25. The lowest BCUT2D eigenvalue weighted by atomic mass is 9.98. The third kappa shape index (κ3) is 5.74. The number of H-pyrrole nitrogens is 1. The number of nitrogens with one attached hydrogen (secondary N) is 3. The number of allylic oxidation sites excluding steroid dienone is 1. The van der Waals surface area contributed by atoms with Gasteiger partial charge in [-0.3, -0.25) is 0 Å². The molecule has 1 aliphatic heterocycles. The third-order valence-electron chi connectivity index (χ3n) is 4.62. The van der Waals surface area contributed by atoms with Crippen LogP contribution >= 0.6 is 0 Å². The van der Waals surface area contributed by atoms with E-state index < -0.39 is 10.0 Å². The fraction of sp³-hybridized carbons (Fsp3) is 0.421. The van der Waals surface area contributed by atoms with Crippen LogP contribution in [0.1, 0.15) is 25.6 Å². The van der Waals surface area contributed by atoms with Crippen LogP contribution < -0.4 is 9.62 Å². The van der Waals surface area contributed by atoms with Gasteiger partial charge in [-0.15, -0.1) is 0 Å². The summed E-state index contributed by atoms with van der Waals surface area (Å²) in [5.74, 6) is 1.84. The number of hydrogen-bond donors (Lipinski definition) is 3. The molecule has 28 heavy (non-hydrogen) atoms. The van der Waals surface area contributed by atoms with Gasteiger partial charge in [0, 0.05) is 37.1 Å². The van der Waals surface area contributed by atoms with Gasteiger partial charge < -0.3 is 15.3 Å². The number of piperidine rings is 1. The van der Waals surface area contributed by atoms with E-state index in [9.17, 15) is 8.42 Å². The fourth-order valence-corrected chi connectivity index (χ4v) is 3.78. The molecule has 2 aromatic rings. The fourth-order valence-electron chi connectivity index (χ4n) is 3.24. The van der Waals surface area contributed by atoms with Gasteiger partial charge in [0.25, 0.3) is 0 Å². The average molecular weight is 403 g/mol. The van der Waals surface area contributed by atoms with E-state index in [1.54, 1.807) is 31.5 Å². The monoisotopic (exact) mass is 402 g/mol. The van der Waals surface area contributed by atoms with Crippen molar-refractivity contribution in [2.24, 2.45) is 5.92 Å². The lowest BCUT2D eigenvalue weighted by molar-refractivity contribution is 0.409. The molecule has 1 saturated heterocycles. The Morgan fingerprint density at radius 1 is 1.46 bits per heavy atom. The minimum Gasteiger partial charge on any atom is -0.356 e. The molecule has 0 amide bonds. The van der Waals surface area contributed by atoms with Crippen LogP contribution in [-0.4, -0.2) is 55.0 Å². The molecule has 150 valence electrons. The second-order valence-electron chi connectivity index (χ2n) is 7.18. The van der Waals surface area contributed by atoms with Crippen LogP contribution in [0.15, 0.2) is 30.6 Å². The largest absolute Gasteiger partial charge is 0.356 e. The molecule has 1 aliphatic rings. The van der Waals surface area contributed by atoms with Gasteiger partial charge in [-0.05, 0) is 50.0 Å². The van der Waals surface area contributed by atoms with Crippen molar-refractivity contribution in [3.8, 4) is 11.3 Å². The Kier molecular flexibility index (Phi) is 6.25. The molecule has 2 aromatic heterocycles. The van der Waals surface area contributed by atoms with Crippen LogP contribution in [0.4, 0.5) is 5.82 Å². The first-order valence-corrected chi connectivity index (χ1v) is 11.1. The average Bonchev–Trinajstić information content (AvgIpc) is 3.14. The van der Waals surface area contributed by atoms with Gasteiger partial charge in [0.05, 0.1) is 18.1 Å². The molecule has 3 rings (SSSR count). The van der Waals surface area contributed by atoms with Crippen LogP contribution in [0.2, 0.25) is 0 Å². The Bertz CT molecular complexity index is 966. The van der Waals surface area contributed by atoms with Crippen LogP contribution in [0.3, 0.4) is 0 Å². The normalized spacial score (nSPS) is 17.9. The molecular formula is C19H26N6O2S. The van der Waals surface area contributed by atoms with Gasteiger partial charge in [-0.2, -0.15) is 0 Å². The maximum Gasteiger partial charge on any atom is 0.208 e. The van der Waals surface area contributed by atoms with E-state index in [2.05, 4.69) is 24.6 Å². The second kappa shape index (κ2) is 8.66. The first-order chi connectivity index (χ1) is 13.3. The molecule has 1 fully saturated rings. The zero-order chi connectivity index (χ0) is 20.1. The summed E-state index contributed by atoms with van der Waals surface area (Å²) in [6.45, 7) is 3.85. The number of aromatic amines is 1. The summed E-state index contributed by atoms with van der Waals surface area (Å²) in [6.07, 6.45) is 10.2. The van der Waals surface area contributed by atoms with E-state index in [0.717, 1.165) is 43.0 Å². The van der Waals surface area contributed by atoms with Crippen molar-refractivity contribution in [3.63, 3.8) is 0 Å². The number of sulfonamides is 1. The predicted molar refractivity (Wildman–Crippen MR) is 112 cm³/mol. The van der Waals surface area contributed by atoms with Crippen molar-refractivity contribution in [2.75, 3.05) is 30.8 Å². The second-order valence-corrected chi connectivity index (χ2v) is 9.01. The highest BCUT2D eigenvalue weighted by atomic mass is 32.2. The number of imidazole rings is 1. The van der Waals surface area contributed by atoms with E-state index in [4.69, 9.17) is 5.41 Å². The van der Waals surface area contributed by atoms with E-state index in [1.165, 1.54) is 6.26 Å². The van der Waals surface area contributed by atoms with E-state index in [-0.39, 0.29) is 5.92 Å². The first kappa shape index (κ1) is 20.2. The molecule has 0 saturated carbocycles. The molecule has 0 spiro atoms. The number of anilines is 1. The van der Waals surface area contributed by atoms with Crippen LogP contribution in [0.5, 0.6) is 0 Å². The van der Waals surface area contributed by atoms with Crippen molar-refractivity contribution in [3.05, 3.63) is 36.4 Å². The van der Waals surface area contributed by atoms with Crippen molar-refractivity contribution < 1.29 is 8.42 Å². The Morgan fingerprint density at radius 2 is 2.29 bits per heavy atom. The highest BCUT2D eigenvalue weighted by molar-refractivity contribution is 7.88. The molecule has 0 radical (unpaired) electrons. The molecule has 1 unspecified atom stereocenters. The van der Waals surface area contributed by atoms with Gasteiger partial charge in [0.2, 0.25) is 10.0 Å². The van der Waals surface area contributed by atoms with Gasteiger partial charge in [0.1, 0.15) is 11.6 Å². The van der Waals surface area contributed by atoms with Gasteiger partial charge in [0.15, 0.2) is 0 Å². The number of nitrogens with zero attached hydrogens (tertiary/aromatic N) is 3. The minimum absolute atomic E-state index is 0.266. The van der Waals surface area contributed by atoms with E-state index in [1.807, 2.05) is 12.1 Å². The predicted octanol–water partition coefficient (Wildman–Crippen LogP) is 2.29. The first-order valence-electron chi connectivity index (χ1n) is 9.24. The van der Waals surface area contributed by atoms with Gasteiger partial charge >= 0.3 is 0 Å². The summed E-state index contributed by atoms with van der Waals surface area (Å²) >= 11 is 0. The molecular weight excluding hydrogens is 376 g/mol. The molecule has 3 heterocycles. The quantitative estimate of drug-likeness (QED) is 0.615. The van der Waals surface area contributed by atoms with E-state index in [0.29, 0.717) is 18.1 Å². The number of hydrogen-bond acceptors (Lipinski definition) is 6. The highest BCUT2D eigenvalue weighted by Gasteiger charge is 2.22. The van der Waals surface area contributed by atoms with Crippen molar-refractivity contribution in [1.82, 2.24) is 19.7 Å². The Labute approximate surface area is 165 Å². The number of aromatic nitrogens is 3. The van der Waals surface area contributed by atoms with Gasteiger partial charge in [-0.25, -0.2) is 23.1 Å². The molecule has 0 aliphatic carbocycles. The molecule has 1 atom stereocenters. The topological polar surface area (TPSA) is 115 Å². The van der Waals surface area contributed by atoms with Crippen LogP contribution in [0, 0.1) is 11.3 Å². The van der Waals surface area contributed by atoms with Gasteiger partial charge in [-0.1, -0.05) is 0 Å². The number of pyridine rings is 1. The van der Waals surface area contributed by atoms with Crippen LogP contribution in [-0.2, 0) is 10.0 Å². The standard InChI is InChI=1S/C19H26N6O2S/c1-14(20)5-6-18-22-12-17(24-18)16-7-8-21-19(10-16)25-9-3-4-15(13-25)11-23-28(2,26)27/h5-8,10,12,15,20,23H,3-4,9,11,13H2,1-2H3,(H,22,24)/b6-5-,20-14?. The maximum atomic E-state index is 11.3. The zero-order valence-electron chi connectivity index (χ0n) is 16.1. The summed E-state index contributed by atoms with van der Waals surface area (Å²) in [4.78, 5) is 14.3. The van der Waals surface area contributed by atoms with E-state index >= 15 is 0 Å². The summed E-state index contributed by atoms with van der Waals surface area (Å²) in [7, 11) is -3.17. The summed E-state index contributed by atoms with van der Waals surface area (Å²) in [5, 5.41) is 7.46. The SMILES string of the molecule is CC(=N)/C=C\c1ncc(-c2ccnc(N3CCCC(CNS(C)(=O)=O)C3)c2)[nH]1. The summed E-state index contributed by atoms with van der Waals surface area (Å²) in [5.41, 5.74) is 2.34. The molecule has 3 N–H and O–H groups in total.